The molecule has 2 atom stereocenters. The number of carbonyl (C=O) groups is 3. The fraction of sp³-hybridized carbons (Fsp3) is 0.769. The van der Waals surface area contributed by atoms with Gasteiger partial charge in [-0.3, -0.25) is 9.59 Å². The van der Waals surface area contributed by atoms with E-state index in [0.717, 1.165) is 24.3 Å². The second-order valence-electron chi connectivity index (χ2n) is 5.48. The Kier molecular flexibility index (Phi) is 4.59. The number of rotatable bonds is 3. The van der Waals surface area contributed by atoms with E-state index in [1.165, 1.54) is 0 Å². The molecule has 112 valence electrons. The number of hydrogen-bond donors (Lipinski definition) is 2. The van der Waals surface area contributed by atoms with Crippen LogP contribution in [-0.4, -0.2) is 71.5 Å². The molecule has 7 heteroatoms. The molecule has 0 bridgehead atoms. The van der Waals surface area contributed by atoms with Gasteiger partial charge in [0.25, 0.3) is 0 Å². The third kappa shape index (κ3) is 3.09. The molecular weight excluding hydrogens is 262 g/mol. The van der Waals surface area contributed by atoms with E-state index in [4.69, 9.17) is 5.11 Å². The molecule has 0 aromatic rings. The van der Waals surface area contributed by atoms with Crippen LogP contribution >= 0.6 is 0 Å². The van der Waals surface area contributed by atoms with Crippen LogP contribution in [0.2, 0.25) is 0 Å². The Bertz CT molecular complexity index is 412. The zero-order chi connectivity index (χ0) is 14.7. The topological polar surface area (TPSA) is 90.0 Å². The van der Waals surface area contributed by atoms with E-state index in [1.54, 1.807) is 0 Å². The molecule has 0 radical (unpaired) electrons. The number of carbonyl (C=O) groups excluding carboxylic acids is 2. The Hall–Kier alpha value is -1.63. The molecule has 2 unspecified atom stereocenters. The van der Waals surface area contributed by atoms with E-state index in [9.17, 15) is 14.4 Å². The van der Waals surface area contributed by atoms with Crippen LogP contribution < -0.4 is 5.32 Å². The van der Waals surface area contributed by atoms with E-state index >= 15 is 0 Å². The predicted octanol–water partition coefficient (Wildman–Crippen LogP) is -0.728. The Morgan fingerprint density at radius 3 is 2.50 bits per heavy atom. The number of hydrogen-bond acceptors (Lipinski definition) is 4. The summed E-state index contributed by atoms with van der Waals surface area (Å²) in [5, 5.41) is 11.6. The molecule has 2 aliphatic heterocycles. The van der Waals surface area contributed by atoms with Gasteiger partial charge in [0.05, 0.1) is 0 Å². The van der Waals surface area contributed by atoms with Crippen molar-refractivity contribution in [3.63, 3.8) is 0 Å². The monoisotopic (exact) mass is 283 g/mol. The molecule has 0 saturated carbocycles. The van der Waals surface area contributed by atoms with Crippen LogP contribution in [0.3, 0.4) is 0 Å². The van der Waals surface area contributed by atoms with Crippen LogP contribution in [0.5, 0.6) is 0 Å². The van der Waals surface area contributed by atoms with Crippen LogP contribution in [0.4, 0.5) is 0 Å². The van der Waals surface area contributed by atoms with Gasteiger partial charge in [-0.2, -0.15) is 0 Å². The number of amides is 2. The molecule has 7 nitrogen and oxygen atoms in total. The largest absolute Gasteiger partial charge is 0.480 e. The van der Waals surface area contributed by atoms with Gasteiger partial charge >= 0.3 is 17.8 Å². The molecule has 2 heterocycles. The third-order valence-electron chi connectivity index (χ3n) is 4.16. The molecule has 2 rings (SSSR count). The van der Waals surface area contributed by atoms with Crippen LogP contribution in [0, 0.1) is 0 Å². The van der Waals surface area contributed by atoms with Crippen LogP contribution in [0.15, 0.2) is 0 Å². The Balaban J connectivity index is 1.85. The Morgan fingerprint density at radius 2 is 1.90 bits per heavy atom. The number of nitrogens with zero attached hydrogens (tertiary/aromatic N) is 2. The van der Waals surface area contributed by atoms with Gasteiger partial charge in [0.15, 0.2) is 0 Å². The summed E-state index contributed by atoms with van der Waals surface area (Å²) < 4.78 is 0. The lowest BCUT2D eigenvalue weighted by Crippen LogP contribution is -2.49. The number of carboxylic acids is 1. The van der Waals surface area contributed by atoms with Crippen molar-refractivity contribution in [1.82, 2.24) is 15.1 Å². The molecular formula is C13H21N3O4. The summed E-state index contributed by atoms with van der Waals surface area (Å²) in [4.78, 5) is 38.2. The van der Waals surface area contributed by atoms with Gasteiger partial charge in [0, 0.05) is 19.1 Å². The summed E-state index contributed by atoms with van der Waals surface area (Å²) in [6, 6.07) is -0.594. The lowest BCUT2D eigenvalue weighted by molar-refractivity contribution is -0.152. The number of carboxylic acid groups (broad SMARTS) is 1. The van der Waals surface area contributed by atoms with Crippen molar-refractivity contribution in [3.8, 4) is 0 Å². The summed E-state index contributed by atoms with van der Waals surface area (Å²) in [5.74, 6) is -2.46. The second-order valence-corrected chi connectivity index (χ2v) is 5.48. The van der Waals surface area contributed by atoms with E-state index in [2.05, 4.69) is 10.2 Å². The number of likely N-dealkylation sites (tertiary alicyclic amines) is 2. The smallest absolute Gasteiger partial charge is 0.326 e. The number of aliphatic carboxylic acids is 1. The highest BCUT2D eigenvalue weighted by Crippen LogP contribution is 2.17. The summed E-state index contributed by atoms with van der Waals surface area (Å²) in [6.07, 6.45) is 3.14. The zero-order valence-electron chi connectivity index (χ0n) is 11.7. The van der Waals surface area contributed by atoms with E-state index in [1.807, 2.05) is 7.05 Å². The standard InChI is InChI=1S/C13H21N3O4/c1-15-6-2-4-9(15)8-14-11(17)12(18)16-7-3-5-10(16)13(19)20/h9-10H,2-8H2,1H3,(H,14,17)(H,19,20). The van der Waals surface area contributed by atoms with Crippen molar-refractivity contribution in [3.05, 3.63) is 0 Å². The average Bonchev–Trinajstić information content (AvgIpc) is 3.03. The van der Waals surface area contributed by atoms with Gasteiger partial charge in [-0.05, 0) is 39.3 Å². The normalized spacial score (nSPS) is 26.8. The molecule has 2 N–H and O–H groups in total. The van der Waals surface area contributed by atoms with Crippen molar-refractivity contribution in [2.24, 2.45) is 0 Å². The van der Waals surface area contributed by atoms with E-state index < -0.39 is 23.8 Å². The third-order valence-corrected chi connectivity index (χ3v) is 4.16. The first-order valence-electron chi connectivity index (χ1n) is 7.02. The molecule has 2 aliphatic rings. The Morgan fingerprint density at radius 1 is 1.20 bits per heavy atom. The Labute approximate surface area is 117 Å². The minimum absolute atomic E-state index is 0.264. The van der Waals surface area contributed by atoms with Crippen LogP contribution in [0.25, 0.3) is 0 Å². The number of likely N-dealkylation sites (N-methyl/N-ethyl adjacent to an activating group) is 1. The minimum Gasteiger partial charge on any atom is -0.480 e. The lowest BCUT2D eigenvalue weighted by Gasteiger charge is -2.22. The zero-order valence-corrected chi connectivity index (χ0v) is 11.7. The summed E-state index contributed by atoms with van der Waals surface area (Å²) >= 11 is 0. The van der Waals surface area contributed by atoms with Gasteiger partial charge in [0.2, 0.25) is 0 Å². The first-order chi connectivity index (χ1) is 9.50. The SMILES string of the molecule is CN1CCCC1CNC(=O)C(=O)N1CCCC1C(=O)O. The molecule has 2 saturated heterocycles. The lowest BCUT2D eigenvalue weighted by atomic mass is 10.2. The summed E-state index contributed by atoms with van der Waals surface area (Å²) in [5.41, 5.74) is 0. The molecule has 0 aromatic heterocycles. The minimum atomic E-state index is -1.04. The van der Waals surface area contributed by atoms with Crippen molar-refractivity contribution < 1.29 is 19.5 Å². The highest BCUT2D eigenvalue weighted by molar-refractivity contribution is 6.35. The maximum atomic E-state index is 12.0. The van der Waals surface area contributed by atoms with Gasteiger partial charge in [-0.15, -0.1) is 0 Å². The van der Waals surface area contributed by atoms with Crippen molar-refractivity contribution in [1.29, 1.82) is 0 Å². The van der Waals surface area contributed by atoms with Crippen LogP contribution in [0.1, 0.15) is 25.7 Å². The van der Waals surface area contributed by atoms with Gasteiger partial charge in [-0.25, -0.2) is 4.79 Å². The molecule has 2 fully saturated rings. The van der Waals surface area contributed by atoms with Gasteiger partial charge in [0.1, 0.15) is 6.04 Å². The second kappa shape index (κ2) is 6.21. The molecule has 0 aromatic carbocycles. The first kappa shape index (κ1) is 14.8. The van der Waals surface area contributed by atoms with Gasteiger partial charge < -0.3 is 20.2 Å². The van der Waals surface area contributed by atoms with Crippen molar-refractivity contribution >= 4 is 17.8 Å². The first-order valence-corrected chi connectivity index (χ1v) is 7.02. The van der Waals surface area contributed by atoms with Gasteiger partial charge in [-0.1, -0.05) is 0 Å². The highest BCUT2D eigenvalue weighted by atomic mass is 16.4. The highest BCUT2D eigenvalue weighted by Gasteiger charge is 2.37. The maximum absolute atomic E-state index is 12.0. The van der Waals surface area contributed by atoms with E-state index in [0.29, 0.717) is 25.9 Å². The van der Waals surface area contributed by atoms with Crippen molar-refractivity contribution in [2.45, 2.75) is 37.8 Å². The fourth-order valence-electron chi connectivity index (χ4n) is 2.92. The summed E-state index contributed by atoms with van der Waals surface area (Å²) in [7, 11) is 1.99. The van der Waals surface area contributed by atoms with E-state index in [-0.39, 0.29) is 6.04 Å². The molecule has 0 aliphatic carbocycles. The maximum Gasteiger partial charge on any atom is 0.326 e. The summed E-state index contributed by atoms with van der Waals surface area (Å²) in [6.45, 7) is 1.78. The molecule has 0 spiro atoms. The number of nitrogens with one attached hydrogen (secondary N) is 1. The average molecular weight is 283 g/mol. The molecule has 20 heavy (non-hydrogen) atoms. The van der Waals surface area contributed by atoms with Crippen molar-refractivity contribution in [2.75, 3.05) is 26.7 Å². The molecule has 2 amide bonds. The quantitative estimate of drug-likeness (QED) is 0.667. The van der Waals surface area contributed by atoms with Crippen LogP contribution in [-0.2, 0) is 14.4 Å². The predicted molar refractivity (Wildman–Crippen MR) is 71.0 cm³/mol. The fourth-order valence-corrected chi connectivity index (χ4v) is 2.92.